The van der Waals surface area contributed by atoms with Crippen molar-refractivity contribution in [2.45, 2.75) is 45.2 Å². The van der Waals surface area contributed by atoms with Gasteiger partial charge in [-0.2, -0.15) is 0 Å². The molecule has 2 heterocycles. The number of guanidine groups is 1. The summed E-state index contributed by atoms with van der Waals surface area (Å²) in [7, 11) is 1.90. The average molecular weight is 500 g/mol. The summed E-state index contributed by atoms with van der Waals surface area (Å²) in [5.74, 6) is 1.81. The van der Waals surface area contributed by atoms with Crippen molar-refractivity contribution in [2.24, 2.45) is 10.9 Å². The molecule has 3 rings (SSSR count). The summed E-state index contributed by atoms with van der Waals surface area (Å²) < 4.78 is 5.43. The zero-order chi connectivity index (χ0) is 18.9. The molecule has 0 aliphatic carbocycles. The van der Waals surface area contributed by atoms with Crippen LogP contribution in [0.25, 0.3) is 0 Å². The number of aliphatic imine (C=N–C) groups is 1. The minimum absolute atomic E-state index is 0. The summed E-state index contributed by atoms with van der Waals surface area (Å²) in [6.07, 6.45) is 4.91. The molecule has 2 aliphatic rings. The first kappa shape index (κ1) is 23.4. The summed E-state index contributed by atoms with van der Waals surface area (Å²) in [4.78, 5) is 9.72. The minimum atomic E-state index is 0. The number of piperidine rings is 2. The number of ether oxygens (including phenoxy) is 1. The highest BCUT2D eigenvalue weighted by molar-refractivity contribution is 14.0. The Morgan fingerprint density at radius 2 is 2.04 bits per heavy atom. The number of likely N-dealkylation sites (tertiary alicyclic amines) is 2. The Balaban J connectivity index is 0.00000280. The molecule has 0 amide bonds. The zero-order valence-electron chi connectivity index (χ0n) is 17.5. The Morgan fingerprint density at radius 1 is 1.21 bits per heavy atom. The standard InChI is InChI=1S/C22H36N4O.HI/c1-3-27-16-8-13-24-22(23-2)26-15-12-21-20(18-26)11-7-14-25(21)17-19-9-5-4-6-10-19;/h4-6,9-10,20-21H,3,7-8,11-18H2,1-2H3,(H,23,24);1H. The molecular formula is C22H37IN4O. The molecule has 2 fully saturated rings. The molecule has 158 valence electrons. The largest absolute Gasteiger partial charge is 0.382 e. The molecule has 1 N–H and O–H groups in total. The molecule has 6 heteroatoms. The number of benzene rings is 1. The summed E-state index contributed by atoms with van der Waals surface area (Å²) in [5.41, 5.74) is 1.44. The second kappa shape index (κ2) is 12.6. The quantitative estimate of drug-likeness (QED) is 0.269. The third-order valence-electron chi connectivity index (χ3n) is 5.88. The number of nitrogens with zero attached hydrogens (tertiary/aromatic N) is 3. The average Bonchev–Trinajstić information content (AvgIpc) is 2.71. The van der Waals surface area contributed by atoms with Gasteiger partial charge in [-0.3, -0.25) is 9.89 Å². The van der Waals surface area contributed by atoms with Gasteiger partial charge in [0.15, 0.2) is 5.96 Å². The highest BCUT2D eigenvalue weighted by atomic mass is 127. The van der Waals surface area contributed by atoms with Gasteiger partial charge in [-0.15, -0.1) is 24.0 Å². The number of rotatable bonds is 7. The lowest BCUT2D eigenvalue weighted by Gasteiger charge is -2.48. The van der Waals surface area contributed by atoms with Crippen LogP contribution in [0.1, 0.15) is 38.2 Å². The maximum Gasteiger partial charge on any atom is 0.193 e. The van der Waals surface area contributed by atoms with Gasteiger partial charge < -0.3 is 15.0 Å². The molecule has 2 unspecified atom stereocenters. The van der Waals surface area contributed by atoms with Crippen molar-refractivity contribution in [2.75, 3.05) is 46.4 Å². The van der Waals surface area contributed by atoms with Crippen LogP contribution in [0.5, 0.6) is 0 Å². The molecule has 2 saturated heterocycles. The van der Waals surface area contributed by atoms with Crippen molar-refractivity contribution < 1.29 is 4.74 Å². The zero-order valence-corrected chi connectivity index (χ0v) is 19.8. The highest BCUT2D eigenvalue weighted by Gasteiger charge is 2.36. The van der Waals surface area contributed by atoms with Gasteiger partial charge in [-0.1, -0.05) is 30.3 Å². The maximum atomic E-state index is 5.43. The molecule has 0 bridgehead atoms. The first-order valence-electron chi connectivity index (χ1n) is 10.6. The van der Waals surface area contributed by atoms with Crippen LogP contribution < -0.4 is 5.32 Å². The first-order chi connectivity index (χ1) is 13.3. The Morgan fingerprint density at radius 3 is 2.79 bits per heavy atom. The van der Waals surface area contributed by atoms with Gasteiger partial charge in [0, 0.05) is 52.5 Å². The fraction of sp³-hybridized carbons (Fsp3) is 0.682. The molecule has 1 aromatic rings. The molecule has 0 aromatic heterocycles. The van der Waals surface area contributed by atoms with Crippen LogP contribution in [0.2, 0.25) is 0 Å². The smallest absolute Gasteiger partial charge is 0.193 e. The molecule has 28 heavy (non-hydrogen) atoms. The number of hydrogen-bond donors (Lipinski definition) is 1. The second-order valence-corrected chi connectivity index (χ2v) is 7.68. The Labute approximate surface area is 187 Å². The van der Waals surface area contributed by atoms with Crippen molar-refractivity contribution >= 4 is 29.9 Å². The van der Waals surface area contributed by atoms with Crippen LogP contribution in [0.4, 0.5) is 0 Å². The second-order valence-electron chi connectivity index (χ2n) is 7.68. The van der Waals surface area contributed by atoms with Crippen LogP contribution >= 0.6 is 24.0 Å². The Bertz CT molecular complexity index is 583. The number of fused-ring (bicyclic) bond motifs is 1. The van der Waals surface area contributed by atoms with Gasteiger partial charge in [-0.05, 0) is 50.6 Å². The summed E-state index contributed by atoms with van der Waals surface area (Å²) in [5, 5.41) is 3.53. The van der Waals surface area contributed by atoms with E-state index in [4.69, 9.17) is 4.74 Å². The molecule has 5 nitrogen and oxygen atoms in total. The van der Waals surface area contributed by atoms with Crippen molar-refractivity contribution in [3.05, 3.63) is 35.9 Å². The lowest BCUT2D eigenvalue weighted by Crippen LogP contribution is -2.56. The van der Waals surface area contributed by atoms with Crippen molar-refractivity contribution in [3.63, 3.8) is 0 Å². The lowest BCUT2D eigenvalue weighted by atomic mass is 9.83. The van der Waals surface area contributed by atoms with Crippen molar-refractivity contribution in [3.8, 4) is 0 Å². The monoisotopic (exact) mass is 500 g/mol. The molecule has 0 radical (unpaired) electrons. The van der Waals surface area contributed by atoms with Gasteiger partial charge in [0.25, 0.3) is 0 Å². The fourth-order valence-corrected chi connectivity index (χ4v) is 4.56. The molecular weight excluding hydrogens is 463 g/mol. The van der Waals surface area contributed by atoms with E-state index in [9.17, 15) is 0 Å². The van der Waals surface area contributed by atoms with E-state index in [1.54, 1.807) is 0 Å². The van der Waals surface area contributed by atoms with E-state index in [0.717, 1.165) is 57.7 Å². The van der Waals surface area contributed by atoms with Gasteiger partial charge in [-0.25, -0.2) is 0 Å². The van der Waals surface area contributed by atoms with Gasteiger partial charge in [0.2, 0.25) is 0 Å². The van der Waals surface area contributed by atoms with Crippen LogP contribution in [0, 0.1) is 5.92 Å². The number of halogens is 1. The first-order valence-corrected chi connectivity index (χ1v) is 10.6. The number of hydrogen-bond acceptors (Lipinski definition) is 3. The third kappa shape index (κ3) is 6.59. The SMILES string of the molecule is CCOCCCNC(=NC)N1CCC2C(CCCN2Cc2ccccc2)C1.I. The molecule has 0 saturated carbocycles. The summed E-state index contributed by atoms with van der Waals surface area (Å²) >= 11 is 0. The lowest BCUT2D eigenvalue weighted by molar-refractivity contribution is 0.0372. The highest BCUT2D eigenvalue weighted by Crippen LogP contribution is 2.31. The van der Waals surface area contributed by atoms with E-state index in [1.165, 1.54) is 31.4 Å². The van der Waals surface area contributed by atoms with Crippen LogP contribution in [0.15, 0.2) is 35.3 Å². The Hall–Kier alpha value is -0.860. The van der Waals surface area contributed by atoms with E-state index < -0.39 is 0 Å². The van der Waals surface area contributed by atoms with E-state index in [0.29, 0.717) is 6.04 Å². The van der Waals surface area contributed by atoms with Gasteiger partial charge in [0.05, 0.1) is 0 Å². The molecule has 2 atom stereocenters. The number of nitrogens with one attached hydrogen (secondary N) is 1. The van der Waals surface area contributed by atoms with Gasteiger partial charge >= 0.3 is 0 Å². The Kier molecular flexibility index (Phi) is 10.6. The van der Waals surface area contributed by atoms with Crippen LogP contribution in [0.3, 0.4) is 0 Å². The topological polar surface area (TPSA) is 40.1 Å². The minimum Gasteiger partial charge on any atom is -0.382 e. The van der Waals surface area contributed by atoms with Crippen molar-refractivity contribution in [1.29, 1.82) is 0 Å². The van der Waals surface area contributed by atoms with Crippen LogP contribution in [-0.4, -0.2) is 68.2 Å². The van der Waals surface area contributed by atoms with E-state index in [-0.39, 0.29) is 24.0 Å². The predicted molar refractivity (Wildman–Crippen MR) is 127 cm³/mol. The molecule has 1 aromatic carbocycles. The normalized spacial score (nSPS) is 23.1. The third-order valence-corrected chi connectivity index (χ3v) is 5.88. The van der Waals surface area contributed by atoms with Crippen molar-refractivity contribution in [1.82, 2.24) is 15.1 Å². The fourth-order valence-electron chi connectivity index (χ4n) is 4.56. The van der Waals surface area contributed by atoms with E-state index in [1.807, 2.05) is 14.0 Å². The van der Waals surface area contributed by atoms with Gasteiger partial charge in [0.1, 0.15) is 0 Å². The van der Waals surface area contributed by atoms with E-state index >= 15 is 0 Å². The van der Waals surface area contributed by atoms with E-state index in [2.05, 4.69) is 50.4 Å². The summed E-state index contributed by atoms with van der Waals surface area (Å²) in [6, 6.07) is 11.6. The molecule has 2 aliphatic heterocycles. The van der Waals surface area contributed by atoms with Crippen LogP contribution in [-0.2, 0) is 11.3 Å². The predicted octanol–water partition coefficient (Wildman–Crippen LogP) is 3.59. The molecule has 0 spiro atoms. The summed E-state index contributed by atoms with van der Waals surface area (Å²) in [6.45, 7) is 9.13. The maximum absolute atomic E-state index is 5.43.